The van der Waals surface area contributed by atoms with Crippen molar-refractivity contribution < 1.29 is 4.79 Å². The molecular formula is C15H20N6O. The summed E-state index contributed by atoms with van der Waals surface area (Å²) >= 11 is 0. The molecule has 2 aromatic heterocycles. The summed E-state index contributed by atoms with van der Waals surface area (Å²) in [6.45, 7) is 2.03. The minimum atomic E-state index is -0.266. The van der Waals surface area contributed by atoms with E-state index in [1.807, 2.05) is 32.3 Å². The Morgan fingerprint density at radius 2 is 2.05 bits per heavy atom. The first-order valence-electron chi connectivity index (χ1n) is 7.05. The first-order chi connectivity index (χ1) is 10.6. The molecule has 0 atom stereocenters. The second-order valence-electron chi connectivity index (χ2n) is 5.04. The van der Waals surface area contributed by atoms with Gasteiger partial charge in [-0.25, -0.2) is 0 Å². The number of carbonyl (C=O) groups is 1. The lowest BCUT2D eigenvalue weighted by Gasteiger charge is -2.10. The fraction of sp³-hybridized carbons (Fsp3) is 0.333. The van der Waals surface area contributed by atoms with Crippen LogP contribution < -0.4 is 10.6 Å². The zero-order chi connectivity index (χ0) is 15.8. The molecule has 7 nitrogen and oxygen atoms in total. The maximum Gasteiger partial charge on any atom is 0.272 e. The zero-order valence-electron chi connectivity index (χ0n) is 12.8. The van der Waals surface area contributed by atoms with Crippen molar-refractivity contribution in [3.63, 3.8) is 0 Å². The van der Waals surface area contributed by atoms with E-state index in [-0.39, 0.29) is 11.6 Å². The number of nitrogens with one attached hydrogen (secondary N) is 2. The van der Waals surface area contributed by atoms with Gasteiger partial charge in [0.05, 0.1) is 12.2 Å². The molecule has 0 unspecified atom stereocenters. The maximum atomic E-state index is 12.0. The number of carbonyl (C=O) groups excluding carboxylic acids is 1. The normalized spacial score (nSPS) is 10.5. The van der Waals surface area contributed by atoms with Crippen LogP contribution >= 0.6 is 0 Å². The lowest BCUT2D eigenvalue weighted by Crippen LogP contribution is -2.25. The van der Waals surface area contributed by atoms with E-state index in [4.69, 9.17) is 0 Å². The second kappa shape index (κ2) is 8.04. The Labute approximate surface area is 129 Å². The van der Waals surface area contributed by atoms with Gasteiger partial charge in [-0.15, -0.1) is 10.2 Å². The van der Waals surface area contributed by atoms with Crippen LogP contribution in [0, 0.1) is 0 Å². The third-order valence-corrected chi connectivity index (χ3v) is 2.92. The highest BCUT2D eigenvalue weighted by Crippen LogP contribution is 2.02. The molecule has 0 aliphatic heterocycles. The molecule has 2 heterocycles. The minimum Gasteiger partial charge on any atom is -0.367 e. The van der Waals surface area contributed by atoms with Crippen molar-refractivity contribution in [2.24, 2.45) is 0 Å². The van der Waals surface area contributed by atoms with E-state index in [2.05, 4.69) is 30.7 Å². The first-order valence-corrected chi connectivity index (χ1v) is 7.05. The summed E-state index contributed by atoms with van der Waals surface area (Å²) in [4.78, 5) is 18.2. The molecule has 0 bridgehead atoms. The lowest BCUT2D eigenvalue weighted by atomic mass is 10.3. The monoisotopic (exact) mass is 300 g/mol. The summed E-state index contributed by atoms with van der Waals surface area (Å²) in [5.41, 5.74) is 1.08. The Kier molecular flexibility index (Phi) is 5.79. The van der Waals surface area contributed by atoms with Crippen molar-refractivity contribution >= 4 is 11.7 Å². The van der Waals surface area contributed by atoms with Crippen LogP contribution in [-0.4, -0.2) is 53.2 Å². The van der Waals surface area contributed by atoms with Crippen molar-refractivity contribution in [1.29, 1.82) is 0 Å². The van der Waals surface area contributed by atoms with Gasteiger partial charge < -0.3 is 15.5 Å². The Balaban J connectivity index is 1.83. The van der Waals surface area contributed by atoms with E-state index in [0.29, 0.717) is 12.4 Å². The van der Waals surface area contributed by atoms with Crippen molar-refractivity contribution in [3.8, 4) is 0 Å². The summed E-state index contributed by atoms with van der Waals surface area (Å²) in [5.74, 6) is 0.390. The predicted octanol–water partition coefficient (Wildman–Crippen LogP) is 0.775. The van der Waals surface area contributed by atoms with E-state index < -0.39 is 0 Å². The number of rotatable bonds is 7. The Hall–Kier alpha value is -2.54. The molecule has 0 aliphatic carbocycles. The Morgan fingerprint density at radius 3 is 2.68 bits per heavy atom. The number of aromatic nitrogens is 3. The molecule has 116 valence electrons. The van der Waals surface area contributed by atoms with Crippen LogP contribution in [0.2, 0.25) is 0 Å². The topological polar surface area (TPSA) is 83.0 Å². The number of hydrogen-bond acceptors (Lipinski definition) is 6. The highest BCUT2D eigenvalue weighted by Gasteiger charge is 2.08. The van der Waals surface area contributed by atoms with E-state index >= 15 is 0 Å². The van der Waals surface area contributed by atoms with Crippen molar-refractivity contribution in [2.45, 2.75) is 6.54 Å². The van der Waals surface area contributed by atoms with Gasteiger partial charge in [0, 0.05) is 19.3 Å². The number of likely N-dealkylation sites (N-methyl/N-ethyl adjacent to an activating group) is 1. The molecule has 1 amide bonds. The molecule has 0 spiro atoms. The fourth-order valence-electron chi connectivity index (χ4n) is 1.72. The van der Waals surface area contributed by atoms with Crippen LogP contribution in [-0.2, 0) is 6.54 Å². The summed E-state index contributed by atoms with van der Waals surface area (Å²) in [5, 5.41) is 13.8. The largest absolute Gasteiger partial charge is 0.367 e. The zero-order valence-corrected chi connectivity index (χ0v) is 12.8. The SMILES string of the molecule is CN(C)CCNc1ccc(C(=O)NCc2ccccn2)nn1. The molecule has 7 heteroatoms. The molecule has 2 N–H and O–H groups in total. The van der Waals surface area contributed by atoms with Gasteiger partial charge in [-0.3, -0.25) is 9.78 Å². The van der Waals surface area contributed by atoms with Gasteiger partial charge in [-0.2, -0.15) is 0 Å². The average molecular weight is 300 g/mol. The molecule has 0 aliphatic rings. The number of pyridine rings is 1. The highest BCUT2D eigenvalue weighted by molar-refractivity contribution is 5.92. The standard InChI is InChI=1S/C15H20N6O/c1-21(2)10-9-17-14-7-6-13(19-20-14)15(22)18-11-12-5-3-4-8-16-12/h3-8H,9-11H2,1-2H3,(H,17,20)(H,18,22). The lowest BCUT2D eigenvalue weighted by molar-refractivity contribution is 0.0944. The van der Waals surface area contributed by atoms with Gasteiger partial charge in [-0.1, -0.05) is 6.07 Å². The maximum absolute atomic E-state index is 12.0. The molecule has 2 rings (SSSR count). The molecular weight excluding hydrogens is 280 g/mol. The van der Waals surface area contributed by atoms with Crippen LogP contribution in [0.4, 0.5) is 5.82 Å². The fourth-order valence-corrected chi connectivity index (χ4v) is 1.72. The number of nitrogens with zero attached hydrogens (tertiary/aromatic N) is 4. The molecule has 0 saturated carbocycles. The average Bonchev–Trinajstić information content (AvgIpc) is 2.54. The number of hydrogen-bond donors (Lipinski definition) is 2. The van der Waals surface area contributed by atoms with Crippen LogP contribution in [0.3, 0.4) is 0 Å². The van der Waals surface area contributed by atoms with Gasteiger partial charge >= 0.3 is 0 Å². The van der Waals surface area contributed by atoms with Crippen LogP contribution in [0.5, 0.6) is 0 Å². The molecule has 0 fully saturated rings. The molecule has 0 radical (unpaired) electrons. The summed E-state index contributed by atoms with van der Waals surface area (Å²) < 4.78 is 0. The van der Waals surface area contributed by atoms with Crippen molar-refractivity contribution in [3.05, 3.63) is 47.9 Å². The van der Waals surface area contributed by atoms with Crippen molar-refractivity contribution in [2.75, 3.05) is 32.5 Å². The van der Waals surface area contributed by atoms with Gasteiger partial charge in [0.15, 0.2) is 5.69 Å². The number of amides is 1. The molecule has 0 saturated heterocycles. The highest BCUT2D eigenvalue weighted by atomic mass is 16.1. The third kappa shape index (κ3) is 5.10. The van der Waals surface area contributed by atoms with Crippen molar-refractivity contribution in [1.82, 2.24) is 25.4 Å². The molecule has 22 heavy (non-hydrogen) atoms. The quantitative estimate of drug-likeness (QED) is 0.786. The predicted molar refractivity (Wildman–Crippen MR) is 84.5 cm³/mol. The summed E-state index contributed by atoms with van der Waals surface area (Å²) in [6, 6.07) is 8.96. The summed E-state index contributed by atoms with van der Waals surface area (Å²) in [7, 11) is 4.00. The minimum absolute atomic E-state index is 0.266. The van der Waals surface area contributed by atoms with Gasteiger partial charge in [0.1, 0.15) is 5.82 Å². The van der Waals surface area contributed by atoms with Crippen LogP contribution in [0.25, 0.3) is 0 Å². The van der Waals surface area contributed by atoms with Gasteiger partial charge in [0.2, 0.25) is 0 Å². The summed E-state index contributed by atoms with van der Waals surface area (Å²) in [6.07, 6.45) is 1.69. The van der Waals surface area contributed by atoms with E-state index in [1.165, 1.54) is 0 Å². The van der Waals surface area contributed by atoms with Gasteiger partial charge in [0.25, 0.3) is 5.91 Å². The van der Waals surface area contributed by atoms with E-state index in [0.717, 1.165) is 18.8 Å². The molecule has 2 aromatic rings. The Morgan fingerprint density at radius 1 is 1.18 bits per heavy atom. The van der Waals surface area contributed by atoms with E-state index in [9.17, 15) is 4.79 Å². The van der Waals surface area contributed by atoms with Crippen LogP contribution in [0.1, 0.15) is 16.2 Å². The number of anilines is 1. The van der Waals surface area contributed by atoms with Gasteiger partial charge in [-0.05, 0) is 38.4 Å². The first kappa shape index (κ1) is 15.8. The van der Waals surface area contributed by atoms with E-state index in [1.54, 1.807) is 18.3 Å². The van der Waals surface area contributed by atoms with Crippen LogP contribution in [0.15, 0.2) is 36.5 Å². The smallest absolute Gasteiger partial charge is 0.272 e. The third-order valence-electron chi connectivity index (χ3n) is 2.92. The molecule has 0 aromatic carbocycles. The Bertz CT molecular complexity index is 585. The second-order valence-corrected chi connectivity index (χ2v) is 5.04.